The third-order valence-corrected chi connectivity index (χ3v) is 4.56. The number of hydrogen-bond acceptors (Lipinski definition) is 4. The van der Waals surface area contributed by atoms with Gasteiger partial charge >= 0.3 is 0 Å². The highest BCUT2D eigenvalue weighted by molar-refractivity contribution is 6.52. The highest BCUT2D eigenvalue weighted by atomic mass is 16.5. The van der Waals surface area contributed by atoms with Crippen LogP contribution in [0.25, 0.3) is 21.5 Å². The number of fused-ring (bicyclic) bond motifs is 2. The van der Waals surface area contributed by atoms with Gasteiger partial charge in [0.2, 0.25) is 0 Å². The number of benzene rings is 3. The Morgan fingerprint density at radius 1 is 0.958 bits per heavy atom. The molecule has 1 aliphatic rings. The van der Waals surface area contributed by atoms with Crippen molar-refractivity contribution < 1.29 is 19.1 Å². The monoisotopic (exact) mass is 321 g/mol. The van der Waals surface area contributed by atoms with Gasteiger partial charge in [-0.05, 0) is 22.9 Å². The Morgan fingerprint density at radius 3 is 2.46 bits per heavy atom. The predicted molar refractivity (Wildman–Crippen MR) is 92.3 cm³/mol. The van der Waals surface area contributed by atoms with Crippen LogP contribution in [0.4, 0.5) is 5.69 Å². The molecule has 4 rings (SSSR count). The lowest BCUT2D eigenvalue weighted by atomic mass is 9.91. The molecule has 5 nitrogen and oxygen atoms in total. The van der Waals surface area contributed by atoms with E-state index in [9.17, 15) is 9.59 Å². The van der Waals surface area contributed by atoms with Crippen molar-refractivity contribution >= 4 is 38.9 Å². The SMILES string of the molecule is COc1ccc2cc3c4c(cccc4c2c1OC)C(=O)C(=O)N3C. The molecule has 0 aliphatic carbocycles. The van der Waals surface area contributed by atoms with E-state index in [0.717, 1.165) is 27.2 Å². The highest BCUT2D eigenvalue weighted by Gasteiger charge is 2.32. The maximum atomic E-state index is 12.4. The van der Waals surface area contributed by atoms with Crippen LogP contribution in [0.1, 0.15) is 10.4 Å². The van der Waals surface area contributed by atoms with Crippen LogP contribution in [0.5, 0.6) is 11.5 Å². The molecule has 1 aliphatic heterocycles. The maximum absolute atomic E-state index is 12.4. The number of hydrogen-bond donors (Lipinski definition) is 0. The van der Waals surface area contributed by atoms with E-state index in [1.54, 1.807) is 33.4 Å². The molecule has 0 bridgehead atoms. The van der Waals surface area contributed by atoms with E-state index in [0.29, 0.717) is 17.1 Å². The summed E-state index contributed by atoms with van der Waals surface area (Å²) in [6.07, 6.45) is 0. The molecule has 0 N–H and O–H groups in total. The van der Waals surface area contributed by atoms with Crippen molar-refractivity contribution in [3.63, 3.8) is 0 Å². The molecule has 0 saturated carbocycles. The fourth-order valence-electron chi connectivity index (χ4n) is 3.43. The Balaban J connectivity index is 2.27. The fourth-order valence-corrected chi connectivity index (χ4v) is 3.43. The number of carbonyl (C=O) groups is 2. The number of amides is 1. The van der Waals surface area contributed by atoms with E-state index in [1.165, 1.54) is 4.90 Å². The summed E-state index contributed by atoms with van der Waals surface area (Å²) in [6.45, 7) is 0. The number of carbonyl (C=O) groups excluding carboxylic acids is 2. The molecule has 1 amide bonds. The lowest BCUT2D eigenvalue weighted by Crippen LogP contribution is -2.36. The Labute approximate surface area is 138 Å². The van der Waals surface area contributed by atoms with Gasteiger partial charge in [-0.1, -0.05) is 24.3 Å². The van der Waals surface area contributed by atoms with Crippen LogP contribution in [-0.2, 0) is 4.79 Å². The Morgan fingerprint density at radius 2 is 1.75 bits per heavy atom. The first-order valence-electron chi connectivity index (χ1n) is 7.51. The van der Waals surface area contributed by atoms with E-state index >= 15 is 0 Å². The number of Topliss-reactive ketones (excluding diaryl/α,β-unsaturated/α-hetero) is 1. The lowest BCUT2D eigenvalue weighted by Gasteiger charge is -2.26. The predicted octanol–water partition coefficient (Wildman–Crippen LogP) is 3.17. The number of ether oxygens (including phenoxy) is 2. The Hall–Kier alpha value is -3.08. The van der Waals surface area contributed by atoms with Crippen molar-refractivity contribution in [2.75, 3.05) is 26.2 Å². The van der Waals surface area contributed by atoms with Crippen LogP contribution in [0.15, 0.2) is 36.4 Å². The van der Waals surface area contributed by atoms with Gasteiger partial charge in [-0.15, -0.1) is 0 Å². The molecule has 0 unspecified atom stereocenters. The molecule has 3 aromatic rings. The van der Waals surface area contributed by atoms with Gasteiger partial charge < -0.3 is 14.4 Å². The maximum Gasteiger partial charge on any atom is 0.299 e. The van der Waals surface area contributed by atoms with Gasteiger partial charge in [-0.3, -0.25) is 9.59 Å². The first kappa shape index (κ1) is 14.5. The van der Waals surface area contributed by atoms with Crippen LogP contribution < -0.4 is 14.4 Å². The third-order valence-electron chi connectivity index (χ3n) is 4.56. The number of methoxy groups -OCH3 is 2. The van der Waals surface area contributed by atoms with Crippen LogP contribution in [0, 0.1) is 0 Å². The van der Waals surface area contributed by atoms with Gasteiger partial charge in [-0.2, -0.15) is 0 Å². The third kappa shape index (κ3) is 1.69. The van der Waals surface area contributed by atoms with Crippen molar-refractivity contribution in [3.8, 4) is 11.5 Å². The van der Waals surface area contributed by atoms with Gasteiger partial charge in [0.15, 0.2) is 11.5 Å². The van der Waals surface area contributed by atoms with Gasteiger partial charge in [0, 0.05) is 23.4 Å². The minimum atomic E-state index is -0.519. The minimum absolute atomic E-state index is 0.428. The fraction of sp³-hybridized carbons (Fsp3) is 0.158. The Kier molecular flexibility index (Phi) is 3.00. The summed E-state index contributed by atoms with van der Waals surface area (Å²) in [4.78, 5) is 26.0. The molecule has 5 heteroatoms. The lowest BCUT2D eigenvalue weighted by molar-refractivity contribution is -0.114. The zero-order chi connectivity index (χ0) is 17.0. The van der Waals surface area contributed by atoms with Crippen molar-refractivity contribution in [1.82, 2.24) is 0 Å². The molecule has 24 heavy (non-hydrogen) atoms. The number of nitrogens with zero attached hydrogens (tertiary/aromatic N) is 1. The molecule has 120 valence electrons. The first-order valence-corrected chi connectivity index (χ1v) is 7.51. The normalized spacial score (nSPS) is 13.7. The molecule has 0 atom stereocenters. The molecule has 0 spiro atoms. The highest BCUT2D eigenvalue weighted by Crippen LogP contribution is 2.45. The zero-order valence-electron chi connectivity index (χ0n) is 13.5. The van der Waals surface area contributed by atoms with E-state index in [4.69, 9.17) is 9.47 Å². The molecular weight excluding hydrogens is 306 g/mol. The quantitative estimate of drug-likeness (QED) is 0.537. The van der Waals surface area contributed by atoms with Gasteiger partial charge in [-0.25, -0.2) is 0 Å². The van der Waals surface area contributed by atoms with E-state index < -0.39 is 11.7 Å². The second-order valence-corrected chi connectivity index (χ2v) is 5.72. The summed E-state index contributed by atoms with van der Waals surface area (Å²) in [7, 11) is 4.80. The van der Waals surface area contributed by atoms with Gasteiger partial charge in [0.1, 0.15) is 0 Å². The molecule has 0 fully saturated rings. The molecule has 3 aromatic carbocycles. The van der Waals surface area contributed by atoms with Crippen molar-refractivity contribution in [3.05, 3.63) is 42.0 Å². The second-order valence-electron chi connectivity index (χ2n) is 5.72. The molecule has 0 radical (unpaired) electrons. The minimum Gasteiger partial charge on any atom is -0.493 e. The zero-order valence-corrected chi connectivity index (χ0v) is 13.5. The average molecular weight is 321 g/mol. The number of rotatable bonds is 2. The summed E-state index contributed by atoms with van der Waals surface area (Å²) in [5.41, 5.74) is 1.15. The van der Waals surface area contributed by atoms with Crippen molar-refractivity contribution in [1.29, 1.82) is 0 Å². The molecule has 1 heterocycles. The first-order chi connectivity index (χ1) is 11.6. The van der Waals surface area contributed by atoms with Crippen molar-refractivity contribution in [2.45, 2.75) is 0 Å². The van der Waals surface area contributed by atoms with E-state index in [2.05, 4.69) is 0 Å². The summed E-state index contributed by atoms with van der Waals surface area (Å²) in [5, 5.41) is 3.42. The average Bonchev–Trinajstić information content (AvgIpc) is 2.62. The number of ketones is 1. The topological polar surface area (TPSA) is 55.8 Å². The van der Waals surface area contributed by atoms with Crippen LogP contribution >= 0.6 is 0 Å². The number of anilines is 1. The van der Waals surface area contributed by atoms with Crippen LogP contribution in [-0.4, -0.2) is 33.0 Å². The summed E-state index contributed by atoms with van der Waals surface area (Å²) >= 11 is 0. The number of likely N-dealkylation sites (N-methyl/N-ethyl adjacent to an activating group) is 1. The van der Waals surface area contributed by atoms with Gasteiger partial charge in [0.25, 0.3) is 11.7 Å². The largest absolute Gasteiger partial charge is 0.493 e. The molecule has 0 aromatic heterocycles. The van der Waals surface area contributed by atoms with Gasteiger partial charge in [0.05, 0.1) is 19.9 Å². The standard InChI is InChI=1S/C19H15NO4/c1-20-13-9-10-7-8-14(23-2)18(24-3)15(10)11-5-4-6-12(16(11)13)17(21)19(20)22/h4-9H,1-3H3. The summed E-state index contributed by atoms with van der Waals surface area (Å²) in [5.74, 6) is 0.231. The van der Waals surface area contributed by atoms with Crippen LogP contribution in [0.3, 0.4) is 0 Å². The van der Waals surface area contributed by atoms with E-state index in [-0.39, 0.29) is 0 Å². The van der Waals surface area contributed by atoms with Crippen LogP contribution in [0.2, 0.25) is 0 Å². The molecular formula is C19H15NO4. The smallest absolute Gasteiger partial charge is 0.299 e. The second kappa shape index (κ2) is 4.96. The van der Waals surface area contributed by atoms with E-state index in [1.807, 2.05) is 24.3 Å². The summed E-state index contributed by atoms with van der Waals surface area (Å²) < 4.78 is 11.0. The summed E-state index contributed by atoms with van der Waals surface area (Å²) in [6, 6.07) is 11.1. The molecule has 0 saturated heterocycles. The van der Waals surface area contributed by atoms with Crippen molar-refractivity contribution in [2.24, 2.45) is 0 Å². The Bertz CT molecular complexity index is 1040.